The smallest absolute Gasteiger partial charge is 0.410 e. The third kappa shape index (κ3) is 13.6. The molecule has 2 aromatic rings. The van der Waals surface area contributed by atoms with Gasteiger partial charge in [0.15, 0.2) is 0 Å². The predicted octanol–water partition coefficient (Wildman–Crippen LogP) is 13.4. The van der Waals surface area contributed by atoms with Crippen LogP contribution in [-0.4, -0.2) is 57.7 Å². The van der Waals surface area contributed by atoms with E-state index in [0.717, 1.165) is 35.0 Å². The fraction of sp³-hybridized carbons (Fsp3) is 0.667. The van der Waals surface area contributed by atoms with Gasteiger partial charge in [0, 0.05) is 23.4 Å². The first-order chi connectivity index (χ1) is 23.6. The van der Waals surface area contributed by atoms with Crippen molar-refractivity contribution in [1.29, 1.82) is 0 Å². The van der Waals surface area contributed by atoms with E-state index in [4.69, 9.17) is 9.47 Å². The van der Waals surface area contributed by atoms with Crippen LogP contribution >= 0.6 is 22.4 Å². The lowest BCUT2D eigenvalue weighted by Gasteiger charge is -2.42. The summed E-state index contributed by atoms with van der Waals surface area (Å²) in [7, 11) is 0.104. The highest BCUT2D eigenvalue weighted by Gasteiger charge is 2.45. The number of nitrogens with zero attached hydrogens (tertiary/aromatic N) is 1. The third-order valence-corrected chi connectivity index (χ3v) is 34.8. The van der Waals surface area contributed by atoms with Crippen molar-refractivity contribution >= 4 is 48.9 Å². The van der Waals surface area contributed by atoms with Crippen molar-refractivity contribution in [2.75, 3.05) is 20.7 Å². The van der Waals surface area contributed by atoms with Crippen LogP contribution in [0.4, 0.5) is 4.79 Å². The lowest BCUT2D eigenvalue weighted by Crippen LogP contribution is -2.41. The van der Waals surface area contributed by atoms with Gasteiger partial charge in [0.2, 0.25) is 0 Å². The number of amides is 1. The SMILES string of the molecule is CC(C)[Si](Sc1ccccc1CCCN(C)C(=O)OC(C)(C)C)(C(C)C)C(C)C.COC(=O)Cc1ccccc1S[Si](C(C)C)(C(C)C)C(C)C. The molecule has 290 valence electrons. The van der Waals surface area contributed by atoms with Gasteiger partial charge in [-0.2, -0.15) is 0 Å². The topological polar surface area (TPSA) is 55.8 Å². The van der Waals surface area contributed by atoms with Crippen LogP contribution in [0.2, 0.25) is 33.2 Å². The Balaban J connectivity index is 0.000000530. The summed E-state index contributed by atoms with van der Waals surface area (Å²) in [6, 6.07) is 17.2. The molecule has 0 aliphatic carbocycles. The summed E-state index contributed by atoms with van der Waals surface area (Å²) in [4.78, 5) is 28.3. The van der Waals surface area contributed by atoms with E-state index in [-0.39, 0.29) is 12.1 Å². The van der Waals surface area contributed by atoms with Gasteiger partial charge in [-0.15, -0.1) is 22.4 Å². The lowest BCUT2D eigenvalue weighted by atomic mass is 10.1. The second-order valence-electron chi connectivity index (χ2n) is 16.8. The lowest BCUT2D eigenvalue weighted by molar-refractivity contribution is -0.139. The summed E-state index contributed by atoms with van der Waals surface area (Å²) in [5, 5.41) is 0. The normalized spacial score (nSPS) is 12.5. The zero-order valence-electron chi connectivity index (χ0n) is 35.3. The van der Waals surface area contributed by atoms with Gasteiger partial charge in [-0.3, -0.25) is 4.79 Å². The van der Waals surface area contributed by atoms with Crippen molar-refractivity contribution in [3.8, 4) is 0 Å². The first-order valence-corrected chi connectivity index (χ1v) is 26.7. The van der Waals surface area contributed by atoms with Gasteiger partial charge in [-0.1, -0.05) is 119 Å². The number of rotatable bonds is 16. The second-order valence-corrected chi connectivity index (χ2v) is 33.9. The Morgan fingerprint density at radius 2 is 1.04 bits per heavy atom. The molecular formula is C42H73NO4S2Si2. The third-order valence-electron chi connectivity index (χ3n) is 10.1. The standard InChI is InChI=1S/C24H43NO2SSi.C18H30O2SSi/c1-18(2)29(19(3)4,20(5)6)28-22-16-12-11-14-21(22)15-13-17-25(10)23(26)27-24(7,8)9;1-13(2)22(14(3)4,15(5)6)21-17-11-9-8-10-16(17)12-18(19)20-7/h11-12,14,16,18-20H,13,15,17H2,1-10H3;8-11,13-15H,12H2,1-7H3. The fourth-order valence-electron chi connectivity index (χ4n) is 7.81. The molecule has 0 aliphatic heterocycles. The molecule has 0 saturated heterocycles. The molecule has 2 rings (SSSR count). The molecule has 0 bridgehead atoms. The van der Waals surface area contributed by atoms with Crippen molar-refractivity contribution in [1.82, 2.24) is 4.90 Å². The quantitative estimate of drug-likeness (QED) is 0.125. The molecule has 0 saturated carbocycles. The molecule has 0 spiro atoms. The minimum Gasteiger partial charge on any atom is -0.469 e. The molecule has 1 amide bonds. The number of esters is 1. The van der Waals surface area contributed by atoms with E-state index in [1.165, 1.54) is 22.5 Å². The van der Waals surface area contributed by atoms with Crippen molar-refractivity contribution in [3.05, 3.63) is 59.7 Å². The van der Waals surface area contributed by atoms with Crippen LogP contribution in [0, 0.1) is 0 Å². The molecule has 0 fully saturated rings. The number of carbonyl (C=O) groups excluding carboxylic acids is 2. The molecule has 5 nitrogen and oxygen atoms in total. The molecule has 0 N–H and O–H groups in total. The molecule has 0 aromatic heterocycles. The van der Waals surface area contributed by atoms with E-state index >= 15 is 0 Å². The van der Waals surface area contributed by atoms with E-state index in [2.05, 4.69) is 148 Å². The molecule has 51 heavy (non-hydrogen) atoms. The van der Waals surface area contributed by atoms with Gasteiger partial charge in [-0.05, 0) is 90.1 Å². The van der Waals surface area contributed by atoms with Gasteiger partial charge in [0.25, 0.3) is 0 Å². The molecule has 0 heterocycles. The van der Waals surface area contributed by atoms with Crippen LogP contribution in [0.15, 0.2) is 58.3 Å². The van der Waals surface area contributed by atoms with Crippen LogP contribution in [-0.2, 0) is 27.1 Å². The highest BCUT2D eigenvalue weighted by molar-refractivity contribution is 8.29. The maximum Gasteiger partial charge on any atom is 0.410 e. The van der Waals surface area contributed by atoms with E-state index in [0.29, 0.717) is 29.6 Å². The maximum atomic E-state index is 12.2. The molecule has 0 radical (unpaired) electrons. The number of hydrogen-bond donors (Lipinski definition) is 0. The number of ether oxygens (including phenoxy) is 2. The molecule has 2 aromatic carbocycles. The number of benzene rings is 2. The zero-order valence-corrected chi connectivity index (χ0v) is 38.9. The Kier molecular flexibility index (Phi) is 19.7. The van der Waals surface area contributed by atoms with E-state index in [1.807, 2.05) is 33.9 Å². The zero-order chi connectivity index (χ0) is 39.3. The minimum absolute atomic E-state index is 0.168. The van der Waals surface area contributed by atoms with E-state index in [9.17, 15) is 9.59 Å². The van der Waals surface area contributed by atoms with Crippen molar-refractivity contribution < 1.29 is 19.1 Å². The average molecular weight is 776 g/mol. The highest BCUT2D eigenvalue weighted by Crippen LogP contribution is 2.53. The van der Waals surface area contributed by atoms with Crippen LogP contribution in [0.3, 0.4) is 0 Å². The van der Waals surface area contributed by atoms with Crippen molar-refractivity contribution in [2.45, 2.75) is 172 Å². The van der Waals surface area contributed by atoms with Gasteiger partial charge in [0.1, 0.15) is 20.0 Å². The molecule has 0 unspecified atom stereocenters. The first kappa shape index (κ1) is 47.3. The summed E-state index contributed by atoms with van der Waals surface area (Å²) in [6.07, 6.45) is 2.03. The van der Waals surface area contributed by atoms with Crippen molar-refractivity contribution in [2.24, 2.45) is 0 Å². The molecule has 0 atom stereocenters. The Labute approximate surface area is 323 Å². The minimum atomic E-state index is -1.60. The number of carbonyl (C=O) groups is 2. The highest BCUT2D eigenvalue weighted by atomic mass is 32.4. The number of hydrogen-bond acceptors (Lipinski definition) is 6. The fourth-order valence-corrected chi connectivity index (χ4v) is 26.6. The van der Waals surface area contributed by atoms with Crippen LogP contribution in [0.5, 0.6) is 0 Å². The Bertz CT molecular complexity index is 1310. The molecule has 9 heteroatoms. The largest absolute Gasteiger partial charge is 0.469 e. The first-order valence-electron chi connectivity index (χ1n) is 19.1. The van der Waals surface area contributed by atoms with E-state index in [1.54, 1.807) is 4.90 Å². The van der Waals surface area contributed by atoms with Gasteiger partial charge >= 0.3 is 12.1 Å². The number of aryl methyl sites for hydroxylation is 1. The average Bonchev–Trinajstić information content (AvgIpc) is 3.02. The summed E-state index contributed by atoms with van der Waals surface area (Å²) in [5.41, 5.74) is 6.27. The summed E-state index contributed by atoms with van der Waals surface area (Å²) in [5.74, 6) is -0.168. The maximum absolute atomic E-state index is 12.2. The number of methoxy groups -OCH3 is 1. The monoisotopic (exact) mass is 775 g/mol. The Hall–Kier alpha value is -1.69. The molecular weight excluding hydrogens is 703 g/mol. The van der Waals surface area contributed by atoms with Crippen LogP contribution in [0.1, 0.15) is 121 Å². The van der Waals surface area contributed by atoms with Crippen molar-refractivity contribution in [3.63, 3.8) is 0 Å². The Morgan fingerprint density at radius 1 is 0.667 bits per heavy atom. The Morgan fingerprint density at radius 3 is 1.41 bits per heavy atom. The summed E-state index contributed by atoms with van der Waals surface area (Å²) >= 11 is 4.26. The molecule has 0 aliphatic rings. The van der Waals surface area contributed by atoms with E-state index < -0.39 is 20.0 Å². The van der Waals surface area contributed by atoms with Crippen LogP contribution in [0.25, 0.3) is 0 Å². The van der Waals surface area contributed by atoms with Gasteiger partial charge < -0.3 is 14.4 Å². The van der Waals surface area contributed by atoms with Gasteiger partial charge in [-0.25, -0.2) is 4.79 Å². The second kappa shape index (κ2) is 21.3. The summed E-state index contributed by atoms with van der Waals surface area (Å²) in [6.45, 7) is 35.1. The summed E-state index contributed by atoms with van der Waals surface area (Å²) < 4.78 is 10.3. The van der Waals surface area contributed by atoms with Crippen LogP contribution < -0.4 is 0 Å². The van der Waals surface area contributed by atoms with Gasteiger partial charge in [0.05, 0.1) is 13.5 Å². The predicted molar refractivity (Wildman–Crippen MR) is 230 cm³/mol.